The molecule has 0 unspecified atom stereocenters. The van der Waals surface area contributed by atoms with E-state index in [1.54, 1.807) is 6.20 Å². The molecule has 1 N–H and O–H groups in total. The van der Waals surface area contributed by atoms with Crippen LogP contribution in [0.4, 0.5) is 17.2 Å². The van der Waals surface area contributed by atoms with E-state index in [9.17, 15) is 9.59 Å². The van der Waals surface area contributed by atoms with Gasteiger partial charge >= 0.3 is 5.97 Å². The molecule has 0 aliphatic carbocycles. The number of ether oxygens (including phenoxy) is 1. The lowest BCUT2D eigenvalue weighted by Crippen LogP contribution is -2.48. The standard InChI is InChI=1S/C33H37N7O3/c1-43-31(42)7-5-3-2-4-6-30(41)39-18-16-38(17-19-39)28-12-10-27(11-13-28)36-32-33-35-14-15-40(33)23-29(37-32)24-8-9-25-21-34-22-26(25)20-24/h8-15,20-21,23H,2-7,16-19,22H2,1H3,(H,36,37). The second-order valence-corrected chi connectivity index (χ2v) is 11.0. The summed E-state index contributed by atoms with van der Waals surface area (Å²) in [5, 5.41) is 3.47. The fourth-order valence-corrected chi connectivity index (χ4v) is 5.69. The van der Waals surface area contributed by atoms with Crippen LogP contribution in [0.25, 0.3) is 16.9 Å². The Morgan fingerprint density at radius 2 is 1.74 bits per heavy atom. The van der Waals surface area contributed by atoms with E-state index in [2.05, 4.69) is 67.4 Å². The number of anilines is 3. The fraction of sp³-hybridized carbons (Fsp3) is 0.364. The molecular formula is C33H37N7O3. The Hall–Kier alpha value is -4.73. The summed E-state index contributed by atoms with van der Waals surface area (Å²) in [6.45, 7) is 3.78. The average molecular weight is 580 g/mol. The zero-order chi connectivity index (χ0) is 29.6. The molecule has 2 aromatic heterocycles. The SMILES string of the molecule is COC(=O)CCCCCCC(=O)N1CCN(c2ccc(Nc3nc(-c4ccc5c(c4)CN=C5)cn4ccnc34)cc2)CC1. The number of carbonyl (C=O) groups excluding carboxylic acids is 2. The summed E-state index contributed by atoms with van der Waals surface area (Å²) in [4.78, 5) is 42.0. The highest BCUT2D eigenvalue weighted by Gasteiger charge is 2.21. The highest BCUT2D eigenvalue weighted by molar-refractivity contribution is 5.86. The van der Waals surface area contributed by atoms with E-state index < -0.39 is 0 Å². The van der Waals surface area contributed by atoms with Gasteiger partial charge < -0.3 is 24.3 Å². The van der Waals surface area contributed by atoms with Gasteiger partial charge in [-0.2, -0.15) is 0 Å². The summed E-state index contributed by atoms with van der Waals surface area (Å²) in [6, 6.07) is 14.7. The minimum atomic E-state index is -0.167. The van der Waals surface area contributed by atoms with Crippen molar-refractivity contribution in [2.45, 2.75) is 45.1 Å². The summed E-state index contributed by atoms with van der Waals surface area (Å²) < 4.78 is 6.66. The molecule has 2 aromatic carbocycles. The number of hydrogen-bond donors (Lipinski definition) is 1. The summed E-state index contributed by atoms with van der Waals surface area (Å²) in [7, 11) is 1.41. The van der Waals surface area contributed by atoms with Crippen molar-refractivity contribution in [2.24, 2.45) is 4.99 Å². The molecule has 10 nitrogen and oxygen atoms in total. The molecule has 0 atom stereocenters. The normalized spacial score (nSPS) is 14.3. The van der Waals surface area contributed by atoms with E-state index >= 15 is 0 Å². The van der Waals surface area contributed by atoms with Gasteiger partial charge in [0.1, 0.15) is 0 Å². The third-order valence-electron chi connectivity index (χ3n) is 8.18. The number of rotatable bonds is 11. The van der Waals surface area contributed by atoms with Gasteiger partial charge in [0.05, 0.1) is 19.3 Å². The monoisotopic (exact) mass is 579 g/mol. The maximum absolute atomic E-state index is 12.7. The van der Waals surface area contributed by atoms with Gasteiger partial charge in [0.15, 0.2) is 11.5 Å². The first-order valence-electron chi connectivity index (χ1n) is 15.0. The van der Waals surface area contributed by atoms with Gasteiger partial charge in [-0.15, -0.1) is 0 Å². The van der Waals surface area contributed by atoms with E-state index in [4.69, 9.17) is 4.98 Å². The van der Waals surface area contributed by atoms with Gasteiger partial charge in [0.2, 0.25) is 5.91 Å². The van der Waals surface area contributed by atoms with E-state index in [0.717, 1.165) is 80.1 Å². The van der Waals surface area contributed by atoms with Crippen molar-refractivity contribution in [2.75, 3.05) is 43.5 Å². The number of imidazole rings is 1. The predicted octanol–water partition coefficient (Wildman–Crippen LogP) is 5.23. The molecule has 0 radical (unpaired) electrons. The van der Waals surface area contributed by atoms with E-state index in [1.807, 2.05) is 27.9 Å². The van der Waals surface area contributed by atoms with Crippen LogP contribution < -0.4 is 10.2 Å². The Kier molecular flexibility index (Phi) is 8.62. The van der Waals surface area contributed by atoms with Crippen LogP contribution >= 0.6 is 0 Å². The summed E-state index contributed by atoms with van der Waals surface area (Å²) in [6.07, 6.45) is 12.2. The molecule has 0 spiro atoms. The number of fused-ring (bicyclic) bond motifs is 2. The van der Waals surface area contributed by atoms with Crippen LogP contribution in [-0.2, 0) is 20.9 Å². The first-order chi connectivity index (χ1) is 21.1. The number of nitrogens with one attached hydrogen (secondary N) is 1. The molecule has 4 aromatic rings. The Morgan fingerprint density at radius 1 is 0.953 bits per heavy atom. The molecule has 2 aliphatic rings. The highest BCUT2D eigenvalue weighted by Crippen LogP contribution is 2.28. The average Bonchev–Trinajstić information content (AvgIpc) is 3.72. The Bertz CT molecular complexity index is 1620. The number of piperazine rings is 1. The van der Waals surface area contributed by atoms with Gasteiger partial charge in [-0.1, -0.05) is 25.0 Å². The van der Waals surface area contributed by atoms with Crippen LogP contribution in [0.3, 0.4) is 0 Å². The first-order valence-corrected chi connectivity index (χ1v) is 15.0. The van der Waals surface area contributed by atoms with Gasteiger partial charge in [-0.25, -0.2) is 9.97 Å². The van der Waals surface area contributed by atoms with Crippen LogP contribution in [0.2, 0.25) is 0 Å². The molecule has 0 saturated carbocycles. The first kappa shape index (κ1) is 28.4. The number of nitrogens with zero attached hydrogens (tertiary/aromatic N) is 6. The van der Waals surface area contributed by atoms with Gasteiger partial charge in [-0.05, 0) is 54.3 Å². The Morgan fingerprint density at radius 3 is 2.53 bits per heavy atom. The van der Waals surface area contributed by atoms with Crippen molar-refractivity contribution < 1.29 is 14.3 Å². The Labute approximate surface area is 251 Å². The number of hydrogen-bond acceptors (Lipinski definition) is 8. The molecule has 0 bridgehead atoms. The van der Waals surface area contributed by atoms with Gasteiger partial charge in [-0.3, -0.25) is 14.6 Å². The lowest BCUT2D eigenvalue weighted by atomic mass is 10.0. The zero-order valence-electron chi connectivity index (χ0n) is 24.5. The summed E-state index contributed by atoms with van der Waals surface area (Å²) in [5.41, 5.74) is 7.12. The number of carbonyl (C=O) groups is 2. The van der Waals surface area contributed by atoms with Crippen LogP contribution in [0, 0.1) is 0 Å². The van der Waals surface area contributed by atoms with Crippen molar-refractivity contribution in [3.63, 3.8) is 0 Å². The third kappa shape index (κ3) is 6.69. The third-order valence-corrected chi connectivity index (χ3v) is 8.18. The molecule has 10 heteroatoms. The van der Waals surface area contributed by atoms with E-state index in [1.165, 1.54) is 18.2 Å². The topological polar surface area (TPSA) is 104 Å². The van der Waals surface area contributed by atoms with Gasteiger partial charge in [0.25, 0.3) is 0 Å². The quantitative estimate of drug-likeness (QED) is 0.192. The summed E-state index contributed by atoms with van der Waals surface area (Å²) >= 11 is 0. The molecule has 222 valence electrons. The molecule has 43 heavy (non-hydrogen) atoms. The molecule has 2 aliphatic heterocycles. The Balaban J connectivity index is 1.03. The second-order valence-electron chi connectivity index (χ2n) is 11.0. The smallest absolute Gasteiger partial charge is 0.305 e. The minimum absolute atomic E-state index is 0.167. The molecule has 1 fully saturated rings. The van der Waals surface area contributed by atoms with Crippen molar-refractivity contribution in [3.8, 4) is 11.3 Å². The maximum Gasteiger partial charge on any atom is 0.305 e. The maximum atomic E-state index is 12.7. The number of aromatic nitrogens is 3. The van der Waals surface area contributed by atoms with Crippen molar-refractivity contribution in [1.82, 2.24) is 19.3 Å². The molecular weight excluding hydrogens is 542 g/mol. The highest BCUT2D eigenvalue weighted by atomic mass is 16.5. The lowest BCUT2D eigenvalue weighted by molar-refractivity contribution is -0.140. The van der Waals surface area contributed by atoms with Gasteiger partial charge in [0, 0.05) is 80.8 Å². The van der Waals surface area contributed by atoms with Crippen molar-refractivity contribution >= 4 is 40.9 Å². The zero-order valence-corrected chi connectivity index (χ0v) is 24.5. The van der Waals surface area contributed by atoms with E-state index in [-0.39, 0.29) is 11.9 Å². The second kappa shape index (κ2) is 13.1. The molecule has 1 amide bonds. The van der Waals surface area contributed by atoms with Crippen LogP contribution in [-0.4, -0.2) is 70.6 Å². The number of aliphatic imine (C=N–C) groups is 1. The molecule has 4 heterocycles. The van der Waals surface area contributed by atoms with Crippen LogP contribution in [0.5, 0.6) is 0 Å². The van der Waals surface area contributed by atoms with E-state index in [0.29, 0.717) is 25.2 Å². The van der Waals surface area contributed by atoms with Crippen LogP contribution in [0.15, 0.2) is 66.0 Å². The number of unbranched alkanes of at least 4 members (excludes halogenated alkanes) is 3. The fourth-order valence-electron chi connectivity index (χ4n) is 5.69. The largest absolute Gasteiger partial charge is 0.469 e. The lowest BCUT2D eigenvalue weighted by Gasteiger charge is -2.36. The van der Waals surface area contributed by atoms with Crippen molar-refractivity contribution in [1.29, 1.82) is 0 Å². The van der Waals surface area contributed by atoms with Crippen molar-refractivity contribution in [3.05, 3.63) is 72.2 Å². The number of methoxy groups -OCH3 is 1. The number of esters is 1. The molecule has 1 saturated heterocycles. The summed E-state index contributed by atoms with van der Waals surface area (Å²) in [5.74, 6) is 0.753. The number of amides is 1. The minimum Gasteiger partial charge on any atom is -0.469 e. The predicted molar refractivity (Wildman–Crippen MR) is 168 cm³/mol. The molecule has 6 rings (SSSR count). The number of benzene rings is 2. The van der Waals surface area contributed by atoms with Crippen LogP contribution in [0.1, 0.15) is 49.7 Å².